The summed E-state index contributed by atoms with van der Waals surface area (Å²) >= 11 is 0. The first-order valence-corrected chi connectivity index (χ1v) is 19.3. The summed E-state index contributed by atoms with van der Waals surface area (Å²) in [6.45, 7) is 10.8. The highest BCUT2D eigenvalue weighted by atomic mass is 16.6. The van der Waals surface area contributed by atoms with Gasteiger partial charge in [0, 0.05) is 25.7 Å². The van der Waals surface area contributed by atoms with Gasteiger partial charge in [-0.1, -0.05) is 97.9 Å². The third-order valence-corrected chi connectivity index (χ3v) is 10.0. The molecule has 3 aromatic carbocycles. The molecular formula is C44H54N6O7. The molecule has 2 atom stereocenters. The molecule has 0 spiro atoms. The van der Waals surface area contributed by atoms with E-state index in [1.165, 1.54) is 20.2 Å². The molecule has 1 saturated heterocycles. The lowest BCUT2D eigenvalue weighted by Crippen LogP contribution is -2.59. The van der Waals surface area contributed by atoms with Gasteiger partial charge >= 0.3 is 6.09 Å². The predicted molar refractivity (Wildman–Crippen MR) is 216 cm³/mol. The van der Waals surface area contributed by atoms with Crippen LogP contribution in [0.5, 0.6) is 0 Å². The molecule has 4 amide bonds. The van der Waals surface area contributed by atoms with Crippen molar-refractivity contribution in [3.8, 4) is 0 Å². The van der Waals surface area contributed by atoms with Gasteiger partial charge in [0.25, 0.3) is 5.91 Å². The highest BCUT2D eigenvalue weighted by molar-refractivity contribution is 5.99. The van der Waals surface area contributed by atoms with Crippen LogP contribution in [0.3, 0.4) is 0 Å². The molecule has 5 rings (SSSR count). The number of Topliss-reactive ketones (excluding diaryl/α,β-unsaturated/α-hetero) is 1. The van der Waals surface area contributed by atoms with E-state index < -0.39 is 46.5 Å². The average molecular weight is 779 g/mol. The number of piperidine rings is 1. The SMILES string of the molecule is CCC(=O)C1(c2ccccc2)CCN(C(=O)C(c2ccccc2)n2cnc(NC(=O)[C@@H](COCc3ccccc3)NC(=O)C(C)(C)NC(=O)OC(C)(C)C)c2)CC1. The average Bonchev–Trinajstić information content (AvgIpc) is 3.64. The number of amides is 4. The maximum atomic E-state index is 14.4. The fourth-order valence-corrected chi connectivity index (χ4v) is 6.95. The second-order valence-electron chi connectivity index (χ2n) is 15.8. The molecule has 0 aliphatic carbocycles. The van der Waals surface area contributed by atoms with Crippen LogP contribution in [0.15, 0.2) is 104 Å². The van der Waals surface area contributed by atoms with Gasteiger partial charge in [-0.3, -0.25) is 19.2 Å². The Morgan fingerprint density at radius 3 is 2.04 bits per heavy atom. The number of nitrogens with one attached hydrogen (secondary N) is 3. The van der Waals surface area contributed by atoms with Crippen molar-refractivity contribution in [2.75, 3.05) is 25.0 Å². The van der Waals surface area contributed by atoms with Crippen molar-refractivity contribution in [1.82, 2.24) is 25.1 Å². The number of carbonyl (C=O) groups excluding carboxylic acids is 5. The maximum absolute atomic E-state index is 14.4. The third-order valence-electron chi connectivity index (χ3n) is 10.0. The van der Waals surface area contributed by atoms with Gasteiger partial charge in [-0.05, 0) is 64.2 Å². The van der Waals surface area contributed by atoms with E-state index in [4.69, 9.17) is 9.47 Å². The van der Waals surface area contributed by atoms with E-state index in [1.807, 2.05) is 97.9 Å². The molecule has 1 aliphatic heterocycles. The van der Waals surface area contributed by atoms with Gasteiger partial charge in [0.1, 0.15) is 29.0 Å². The lowest BCUT2D eigenvalue weighted by Gasteiger charge is -2.42. The molecule has 1 aromatic heterocycles. The normalized spacial score (nSPS) is 15.2. The molecule has 57 heavy (non-hydrogen) atoms. The van der Waals surface area contributed by atoms with Gasteiger partial charge in [-0.25, -0.2) is 9.78 Å². The largest absolute Gasteiger partial charge is 0.444 e. The van der Waals surface area contributed by atoms with Crippen LogP contribution in [0.4, 0.5) is 10.6 Å². The van der Waals surface area contributed by atoms with Crippen LogP contribution in [0.1, 0.15) is 83.5 Å². The summed E-state index contributed by atoms with van der Waals surface area (Å²) in [7, 11) is 0. The number of nitrogens with zero attached hydrogens (tertiary/aromatic N) is 3. The number of alkyl carbamates (subject to hydrolysis) is 1. The van der Waals surface area contributed by atoms with E-state index in [1.54, 1.807) is 36.4 Å². The molecule has 1 unspecified atom stereocenters. The minimum Gasteiger partial charge on any atom is -0.444 e. The van der Waals surface area contributed by atoms with Gasteiger partial charge in [-0.2, -0.15) is 0 Å². The topological polar surface area (TPSA) is 161 Å². The fourth-order valence-electron chi connectivity index (χ4n) is 6.95. The first-order valence-electron chi connectivity index (χ1n) is 19.3. The van der Waals surface area contributed by atoms with Gasteiger partial charge in [0.2, 0.25) is 11.8 Å². The van der Waals surface area contributed by atoms with Crippen LogP contribution < -0.4 is 16.0 Å². The van der Waals surface area contributed by atoms with Crippen LogP contribution in [-0.2, 0) is 40.7 Å². The van der Waals surface area contributed by atoms with Crippen LogP contribution in [0, 0.1) is 0 Å². The summed E-state index contributed by atoms with van der Waals surface area (Å²) in [6, 6.07) is 26.5. The second-order valence-corrected chi connectivity index (χ2v) is 15.8. The van der Waals surface area contributed by atoms with E-state index in [0.717, 1.165) is 16.7 Å². The lowest BCUT2D eigenvalue weighted by atomic mass is 9.69. The van der Waals surface area contributed by atoms with E-state index in [9.17, 15) is 24.0 Å². The molecular weight excluding hydrogens is 725 g/mol. The minimum atomic E-state index is -1.45. The molecule has 13 nitrogen and oxygen atoms in total. The summed E-state index contributed by atoms with van der Waals surface area (Å²) in [5, 5.41) is 8.05. The predicted octanol–water partition coefficient (Wildman–Crippen LogP) is 5.96. The van der Waals surface area contributed by atoms with E-state index in [-0.39, 0.29) is 30.7 Å². The van der Waals surface area contributed by atoms with Gasteiger partial charge in [0.05, 0.1) is 25.0 Å². The van der Waals surface area contributed by atoms with Crippen molar-refractivity contribution in [1.29, 1.82) is 0 Å². The quantitative estimate of drug-likeness (QED) is 0.133. The smallest absolute Gasteiger partial charge is 0.408 e. The number of imidazole rings is 1. The van der Waals surface area contributed by atoms with E-state index in [2.05, 4.69) is 20.9 Å². The summed E-state index contributed by atoms with van der Waals surface area (Å²) in [5.41, 5.74) is -0.317. The Bertz CT molecular complexity index is 1990. The Morgan fingerprint density at radius 2 is 1.44 bits per heavy atom. The van der Waals surface area contributed by atoms with E-state index >= 15 is 0 Å². The molecule has 0 saturated carbocycles. The number of anilines is 1. The number of aromatic nitrogens is 2. The van der Waals surface area contributed by atoms with Crippen LogP contribution in [-0.4, -0.2) is 80.9 Å². The number of hydrogen-bond donors (Lipinski definition) is 3. The van der Waals surface area contributed by atoms with Crippen molar-refractivity contribution in [2.45, 2.75) is 96.1 Å². The number of carbonyl (C=O) groups is 5. The number of ether oxygens (including phenoxy) is 2. The fraction of sp³-hybridized carbons (Fsp3) is 0.409. The summed E-state index contributed by atoms with van der Waals surface area (Å²) in [6.07, 6.45) is 3.69. The molecule has 1 fully saturated rings. The highest BCUT2D eigenvalue weighted by Crippen LogP contribution is 2.38. The minimum absolute atomic E-state index is 0.150. The maximum Gasteiger partial charge on any atom is 0.408 e. The van der Waals surface area contributed by atoms with Crippen molar-refractivity contribution < 1.29 is 33.4 Å². The lowest BCUT2D eigenvalue weighted by molar-refractivity contribution is -0.138. The van der Waals surface area contributed by atoms with Crippen molar-refractivity contribution in [2.24, 2.45) is 0 Å². The molecule has 2 heterocycles. The van der Waals surface area contributed by atoms with Gasteiger partial charge < -0.3 is 34.9 Å². The van der Waals surface area contributed by atoms with E-state index in [0.29, 0.717) is 32.4 Å². The van der Waals surface area contributed by atoms with Crippen molar-refractivity contribution >= 4 is 35.4 Å². The van der Waals surface area contributed by atoms with Crippen LogP contribution in [0.2, 0.25) is 0 Å². The molecule has 0 bridgehead atoms. The Balaban J connectivity index is 1.33. The molecule has 4 aromatic rings. The number of likely N-dealkylation sites (tertiary alicyclic amines) is 1. The second kappa shape index (κ2) is 18.4. The highest BCUT2D eigenvalue weighted by Gasteiger charge is 2.43. The Hall–Kier alpha value is -5.82. The number of ketones is 1. The first kappa shape index (κ1) is 42.3. The standard InChI is InChI=1S/C44H54N6O7/c1-7-35(51)44(33-21-15-10-16-22-33)23-25-49(26-24-44)39(53)37(32-19-13-9-14-20-32)50-27-36(45-30-50)47-38(52)34(29-56-28-31-17-11-8-12-18-31)46-40(54)43(5,6)48-41(55)57-42(2,3)4/h8-22,27,30,34,37H,7,23-26,28-29H2,1-6H3,(H,46,54)(H,47,52)(H,48,55)/t34-,37?/m1/s1. The van der Waals surface area contributed by atoms with Crippen molar-refractivity contribution in [3.63, 3.8) is 0 Å². The molecule has 1 aliphatic rings. The summed E-state index contributed by atoms with van der Waals surface area (Å²) in [4.78, 5) is 74.0. The summed E-state index contributed by atoms with van der Waals surface area (Å²) < 4.78 is 12.9. The molecule has 0 radical (unpaired) electrons. The zero-order valence-electron chi connectivity index (χ0n) is 33.6. The van der Waals surface area contributed by atoms with Gasteiger partial charge in [0.15, 0.2) is 5.82 Å². The third kappa shape index (κ3) is 10.9. The molecule has 3 N–H and O–H groups in total. The Morgan fingerprint density at radius 1 is 0.842 bits per heavy atom. The molecule has 302 valence electrons. The van der Waals surface area contributed by atoms with Gasteiger partial charge in [-0.15, -0.1) is 0 Å². The number of hydrogen-bond acceptors (Lipinski definition) is 8. The summed E-state index contributed by atoms with van der Waals surface area (Å²) in [5.74, 6) is -1.11. The number of benzene rings is 3. The monoisotopic (exact) mass is 778 g/mol. The first-order chi connectivity index (χ1) is 27.1. The van der Waals surface area contributed by atoms with Crippen LogP contribution >= 0.6 is 0 Å². The Kier molecular flexibility index (Phi) is 13.7. The van der Waals surface area contributed by atoms with Crippen LogP contribution in [0.25, 0.3) is 0 Å². The molecule has 13 heteroatoms. The van der Waals surface area contributed by atoms with Crippen molar-refractivity contribution in [3.05, 3.63) is 120 Å². The number of rotatable bonds is 15. The Labute approximate surface area is 334 Å². The zero-order valence-corrected chi connectivity index (χ0v) is 33.6. The zero-order chi connectivity index (χ0) is 41.2.